The van der Waals surface area contributed by atoms with Crippen LogP contribution in [0, 0.1) is 0 Å². The van der Waals surface area contributed by atoms with E-state index in [0.29, 0.717) is 11.0 Å². The molecule has 56 heavy (non-hydrogen) atoms. The van der Waals surface area contributed by atoms with E-state index in [1.54, 1.807) is 0 Å². The van der Waals surface area contributed by atoms with Crippen molar-refractivity contribution in [1.29, 1.82) is 0 Å². The zero-order valence-electron chi connectivity index (χ0n) is 33.3. The van der Waals surface area contributed by atoms with Gasteiger partial charge in [-0.15, -0.1) is 0 Å². The first-order chi connectivity index (χ1) is 25.6. The highest BCUT2D eigenvalue weighted by atomic mass is 31.2. The lowest BCUT2D eigenvalue weighted by Crippen LogP contribution is -2.52. The first-order valence-electron chi connectivity index (χ1n) is 16.4. The molecule has 0 fully saturated rings. The van der Waals surface area contributed by atoms with E-state index in [2.05, 4.69) is 38.3 Å². The highest BCUT2D eigenvalue weighted by Gasteiger charge is 2.21. The van der Waals surface area contributed by atoms with E-state index in [1.165, 1.54) is 34.6 Å². The molecule has 0 saturated carbocycles. The van der Waals surface area contributed by atoms with Gasteiger partial charge >= 0.3 is 41.8 Å². The van der Waals surface area contributed by atoms with Gasteiger partial charge in [-0.2, -0.15) is 0 Å². The molecule has 0 spiro atoms. The van der Waals surface area contributed by atoms with Crippen molar-refractivity contribution in [2.24, 2.45) is 0 Å². The minimum atomic E-state index is -4.52. The van der Waals surface area contributed by atoms with Crippen molar-refractivity contribution in [3.05, 3.63) is 0 Å². The highest BCUT2D eigenvalue weighted by Crippen LogP contribution is 2.39. The molecule has 26 heteroatoms. The van der Waals surface area contributed by atoms with Gasteiger partial charge in [0.25, 0.3) is 15.6 Å². The number of phosphoric ester groups is 2. The predicted molar refractivity (Wildman–Crippen MR) is 183 cm³/mol. The van der Waals surface area contributed by atoms with E-state index in [-0.39, 0.29) is 46.2 Å². The molecular weight excluding hydrogens is 802 g/mol. The summed E-state index contributed by atoms with van der Waals surface area (Å²) in [6, 6.07) is 0. The summed E-state index contributed by atoms with van der Waals surface area (Å²) >= 11 is 0. The van der Waals surface area contributed by atoms with Crippen LogP contribution in [0.2, 0.25) is 0 Å². The van der Waals surface area contributed by atoms with Crippen LogP contribution in [0.25, 0.3) is 0 Å². The number of hydrogen-bond acceptors (Lipinski definition) is 22. The van der Waals surface area contributed by atoms with Crippen molar-refractivity contribution in [3.8, 4) is 0 Å². The molecule has 328 valence electrons. The van der Waals surface area contributed by atoms with E-state index in [9.17, 15) is 52.5 Å². The number of carbonyl (C=O) groups is 7. The average molecular weight is 859 g/mol. The van der Waals surface area contributed by atoms with Crippen molar-refractivity contribution in [1.82, 2.24) is 0 Å². The Morgan fingerprint density at radius 3 is 0.982 bits per heavy atom. The van der Waals surface area contributed by atoms with Gasteiger partial charge in [0.05, 0.1) is 40.9 Å². The molecule has 0 aromatic carbocycles. The Kier molecular flexibility index (Phi) is 31.0. The van der Waals surface area contributed by atoms with Crippen LogP contribution in [0.15, 0.2) is 0 Å². The lowest BCUT2D eigenvalue weighted by Gasteiger charge is -2.28. The lowest BCUT2D eigenvalue weighted by atomic mass is 10.4. The van der Waals surface area contributed by atoms with Gasteiger partial charge in [-0.1, -0.05) is 0 Å². The van der Waals surface area contributed by atoms with Crippen molar-refractivity contribution >= 4 is 57.4 Å². The second-order valence-electron chi connectivity index (χ2n) is 11.9. The van der Waals surface area contributed by atoms with Gasteiger partial charge in [-0.05, 0) is 0 Å². The van der Waals surface area contributed by atoms with Gasteiger partial charge in [-0.25, -0.2) is 0 Å². The number of esters is 7. The summed E-state index contributed by atoms with van der Waals surface area (Å²) in [6.07, 6.45) is -2.80. The number of phosphoric acid groups is 2. The lowest BCUT2D eigenvalue weighted by molar-refractivity contribution is -0.870. The summed E-state index contributed by atoms with van der Waals surface area (Å²) in [5.41, 5.74) is 3.40. The predicted octanol–water partition coefficient (Wildman–Crippen LogP) is -2.04. The second-order valence-corrected chi connectivity index (χ2v) is 14.7. The monoisotopic (exact) mass is 858 g/mol. The van der Waals surface area contributed by atoms with Gasteiger partial charge in [-0.3, -0.25) is 42.7 Å². The van der Waals surface area contributed by atoms with Gasteiger partial charge in [0.1, 0.15) is 46.2 Å². The average Bonchev–Trinajstić information content (AvgIpc) is 3.03. The molecule has 0 bridgehead atoms. The van der Waals surface area contributed by atoms with Crippen LogP contribution >= 0.6 is 15.6 Å². The Hall–Kier alpha value is -3.57. The molecule has 0 aromatic rings. The van der Waals surface area contributed by atoms with Crippen LogP contribution < -0.4 is 15.5 Å². The van der Waals surface area contributed by atoms with Crippen LogP contribution in [0.5, 0.6) is 0 Å². The number of likely N-dealkylation sites (N-methyl/N-ethyl adjacent to an activating group) is 1. The number of carbonyl (C=O) groups excluding carboxylic acids is 7. The maximum absolute atomic E-state index is 11.6. The topological polar surface area (TPSA) is 329 Å². The summed E-state index contributed by atoms with van der Waals surface area (Å²) in [4.78, 5) is 97.5. The largest absolute Gasteiger partial charge is 0.756 e. The zero-order valence-corrected chi connectivity index (χ0v) is 35.1. The minimum Gasteiger partial charge on any atom is -0.756 e. The van der Waals surface area contributed by atoms with Crippen molar-refractivity contribution in [2.75, 3.05) is 87.1 Å². The normalized spacial score (nSPS) is 14.0. The van der Waals surface area contributed by atoms with Gasteiger partial charge in [0.2, 0.25) is 0 Å². The van der Waals surface area contributed by atoms with Gasteiger partial charge in [0.15, 0.2) is 18.3 Å². The van der Waals surface area contributed by atoms with E-state index in [0.717, 1.165) is 13.8 Å². The van der Waals surface area contributed by atoms with Crippen LogP contribution in [0.3, 0.4) is 0 Å². The molecule has 4 atom stereocenters. The van der Waals surface area contributed by atoms with Crippen molar-refractivity contribution in [2.45, 2.75) is 66.8 Å². The number of nitrogens with zero attached hydrogens (tertiary/aromatic N) is 1. The van der Waals surface area contributed by atoms with Crippen LogP contribution in [-0.2, 0) is 93.9 Å². The van der Waals surface area contributed by atoms with E-state index in [4.69, 9.17) is 18.7 Å². The molecule has 0 heterocycles. The van der Waals surface area contributed by atoms with Crippen LogP contribution in [-0.4, -0.2) is 152 Å². The Balaban J connectivity index is -0.000000766. The van der Waals surface area contributed by atoms with Crippen LogP contribution in [0.4, 0.5) is 0 Å². The third kappa shape index (κ3) is 43.2. The molecule has 0 saturated heterocycles. The van der Waals surface area contributed by atoms with E-state index >= 15 is 0 Å². The van der Waals surface area contributed by atoms with Gasteiger partial charge in [0, 0.05) is 48.5 Å². The Bertz CT molecular complexity index is 1300. The molecule has 0 aliphatic heterocycles. The number of rotatable bonds is 24. The standard InChI is InChI=1S/C12H24NO8P.C9H18NO8P.C9H14O6/c1-10(14)18-8-12(21-11(2)15)9-20-22(16,17)19-7-6-13(3,4)5;1-7(11)15-5-9(18-8(2)12)6-17-19(13,14)16-4-3-10;1-6(10)13-4-9(15-8(3)12)5-14-7(2)11/h12H,6-9H2,1-5H3;9H,3-6,10H2,1-2H3,(H,13,14);9H,4-5H2,1-3H3/t12-;9-;/m11./s1. The summed E-state index contributed by atoms with van der Waals surface area (Å²) < 4.78 is 74.4. The Morgan fingerprint density at radius 1 is 0.482 bits per heavy atom. The number of ether oxygens (including phenoxy) is 7. The molecule has 2 unspecified atom stereocenters. The first kappa shape index (κ1) is 56.8. The highest BCUT2D eigenvalue weighted by molar-refractivity contribution is 7.46. The fourth-order valence-electron chi connectivity index (χ4n) is 2.92. The maximum Gasteiger partial charge on any atom is 0.303 e. The molecule has 0 radical (unpaired) electrons. The third-order valence-electron chi connectivity index (χ3n) is 5.13. The smallest absolute Gasteiger partial charge is 0.303 e. The number of hydrogen-bond donors (Lipinski definition) is 1. The summed E-state index contributed by atoms with van der Waals surface area (Å²) in [7, 11) is -3.34. The Morgan fingerprint density at radius 2 is 0.750 bits per heavy atom. The Labute approximate surface area is 325 Å². The molecule has 0 amide bonds. The second kappa shape index (κ2) is 30.6. The summed E-state index contributed by atoms with van der Waals surface area (Å²) in [5.74, 6) is -3.98. The SMILES string of the molecule is CC(=O)OCC(COC(C)=O)OC(C)=O.CC(=O)OC[C@H](COP(=O)([O-])OCC[N+](C)(C)C)OC(C)=O.CC(=O)OC[C@H](COP(=O)([O-])OCC[NH3+])OC(C)=O. The van der Waals surface area contributed by atoms with Crippen molar-refractivity contribution in [3.63, 3.8) is 0 Å². The first-order valence-corrected chi connectivity index (χ1v) is 19.4. The number of quaternary nitrogens is 2. The minimum absolute atomic E-state index is 0.0353. The molecule has 0 aromatic heterocycles. The molecule has 3 N–H and O–H groups in total. The van der Waals surface area contributed by atoms with E-state index < -0.39 is 89.0 Å². The summed E-state index contributed by atoms with van der Waals surface area (Å²) in [6.45, 7) is 7.07. The third-order valence-corrected chi connectivity index (χ3v) is 7.06. The molecule has 0 rings (SSSR count). The van der Waals surface area contributed by atoms with Crippen molar-refractivity contribution < 1.29 is 114 Å². The zero-order chi connectivity index (χ0) is 44.1. The maximum atomic E-state index is 11.6. The molecular formula is C30H56N2O22P2. The summed E-state index contributed by atoms with van der Waals surface area (Å²) in [5, 5.41) is 0. The fourth-order valence-corrected chi connectivity index (χ4v) is 4.42. The molecule has 24 nitrogen and oxygen atoms in total. The van der Waals surface area contributed by atoms with E-state index in [1.807, 2.05) is 21.1 Å². The van der Waals surface area contributed by atoms with Crippen LogP contribution in [0.1, 0.15) is 48.5 Å². The van der Waals surface area contributed by atoms with Gasteiger partial charge < -0.3 is 71.3 Å². The molecule has 0 aliphatic rings. The fraction of sp³-hybridized carbons (Fsp3) is 0.767. The molecule has 0 aliphatic carbocycles. The quantitative estimate of drug-likeness (QED) is 0.0473.